The number of thioether (sulfide) groups is 1. The molecule has 0 N–H and O–H groups in total. The summed E-state index contributed by atoms with van der Waals surface area (Å²) in [6, 6.07) is 17.1. The lowest BCUT2D eigenvalue weighted by Crippen LogP contribution is -2.27. The summed E-state index contributed by atoms with van der Waals surface area (Å²) in [6.07, 6.45) is 1.62. The van der Waals surface area contributed by atoms with E-state index in [4.69, 9.17) is 21.1 Å². The van der Waals surface area contributed by atoms with Crippen LogP contribution in [0.1, 0.15) is 11.1 Å². The number of carbonyl (C=O) groups is 2. The van der Waals surface area contributed by atoms with Gasteiger partial charge in [0.15, 0.2) is 11.5 Å². The molecule has 0 atom stereocenters. The third kappa shape index (κ3) is 3.24. The lowest BCUT2D eigenvalue weighted by Gasteiger charge is -2.14. The average molecular weight is 424 g/mol. The summed E-state index contributed by atoms with van der Waals surface area (Å²) in [7, 11) is 0. The van der Waals surface area contributed by atoms with E-state index in [0.29, 0.717) is 27.0 Å². The van der Waals surface area contributed by atoms with Crippen molar-refractivity contribution in [3.63, 3.8) is 0 Å². The Morgan fingerprint density at radius 2 is 1.79 bits per heavy atom. The normalized spacial score (nSPS) is 17.0. The molecular weight excluding hydrogens is 410 g/mol. The van der Waals surface area contributed by atoms with Gasteiger partial charge in [-0.3, -0.25) is 14.5 Å². The van der Waals surface area contributed by atoms with Crippen molar-refractivity contribution < 1.29 is 19.1 Å². The van der Waals surface area contributed by atoms with Crippen molar-refractivity contribution in [1.29, 1.82) is 0 Å². The highest BCUT2D eigenvalue weighted by molar-refractivity contribution is 8.18. The van der Waals surface area contributed by atoms with Crippen LogP contribution in [0.2, 0.25) is 5.02 Å². The first-order valence-corrected chi connectivity index (χ1v) is 10.1. The molecule has 2 heterocycles. The van der Waals surface area contributed by atoms with E-state index in [1.165, 1.54) is 4.90 Å². The number of halogens is 1. The number of benzene rings is 3. The van der Waals surface area contributed by atoms with Gasteiger partial charge >= 0.3 is 0 Å². The SMILES string of the molecule is O=C1S/C(=C/c2cc3c(cc2Cl)OCO3)C(=O)N1Cc1cccc2ccccc12. The molecule has 29 heavy (non-hydrogen) atoms. The van der Waals surface area contributed by atoms with Crippen LogP contribution in [0.15, 0.2) is 59.5 Å². The van der Waals surface area contributed by atoms with Crippen molar-refractivity contribution in [2.75, 3.05) is 6.79 Å². The summed E-state index contributed by atoms with van der Waals surface area (Å²) in [5.41, 5.74) is 1.53. The molecule has 0 unspecified atom stereocenters. The zero-order valence-corrected chi connectivity index (χ0v) is 16.6. The van der Waals surface area contributed by atoms with Gasteiger partial charge in [-0.05, 0) is 45.8 Å². The number of hydrogen-bond donors (Lipinski definition) is 0. The first kappa shape index (κ1) is 18.1. The Morgan fingerprint density at radius 3 is 2.66 bits per heavy atom. The average Bonchev–Trinajstić information content (AvgIpc) is 3.27. The number of amides is 2. The number of imide groups is 1. The number of hydrogen-bond acceptors (Lipinski definition) is 5. The molecule has 5 rings (SSSR count). The highest BCUT2D eigenvalue weighted by Crippen LogP contribution is 2.40. The van der Waals surface area contributed by atoms with Crippen molar-refractivity contribution in [3.8, 4) is 11.5 Å². The van der Waals surface area contributed by atoms with Crippen LogP contribution in [0.25, 0.3) is 16.8 Å². The molecule has 0 spiro atoms. The number of rotatable bonds is 3. The van der Waals surface area contributed by atoms with Crippen molar-refractivity contribution >= 4 is 51.4 Å². The molecule has 144 valence electrons. The molecule has 3 aromatic rings. The molecule has 3 aromatic carbocycles. The molecule has 2 aliphatic heterocycles. The molecule has 2 amide bonds. The maximum absolute atomic E-state index is 12.9. The van der Waals surface area contributed by atoms with E-state index in [-0.39, 0.29) is 24.5 Å². The van der Waals surface area contributed by atoms with Gasteiger partial charge < -0.3 is 9.47 Å². The van der Waals surface area contributed by atoms with Crippen LogP contribution >= 0.6 is 23.4 Å². The van der Waals surface area contributed by atoms with Crippen LogP contribution in [0.5, 0.6) is 11.5 Å². The van der Waals surface area contributed by atoms with E-state index in [1.54, 1.807) is 18.2 Å². The van der Waals surface area contributed by atoms with Gasteiger partial charge in [0.25, 0.3) is 11.1 Å². The predicted octanol–water partition coefficient (Wildman–Crippen LogP) is 5.46. The molecule has 1 saturated heterocycles. The quantitative estimate of drug-likeness (QED) is 0.523. The number of nitrogens with zero attached hydrogens (tertiary/aromatic N) is 1. The Labute approximate surface area is 175 Å². The summed E-state index contributed by atoms with van der Waals surface area (Å²) in [5, 5.41) is 2.22. The molecule has 0 aliphatic carbocycles. The smallest absolute Gasteiger partial charge is 0.293 e. The van der Waals surface area contributed by atoms with Crippen LogP contribution in [0.3, 0.4) is 0 Å². The van der Waals surface area contributed by atoms with Crippen molar-refractivity contribution in [1.82, 2.24) is 4.90 Å². The Bertz CT molecular complexity index is 1200. The Morgan fingerprint density at radius 1 is 1.03 bits per heavy atom. The fraction of sp³-hybridized carbons (Fsp3) is 0.0909. The van der Waals surface area contributed by atoms with Crippen molar-refractivity contribution in [3.05, 3.63) is 75.7 Å². The molecule has 0 radical (unpaired) electrons. The van der Waals surface area contributed by atoms with E-state index in [0.717, 1.165) is 28.1 Å². The molecular formula is C22H14ClNO4S. The minimum atomic E-state index is -0.332. The number of fused-ring (bicyclic) bond motifs is 2. The van der Waals surface area contributed by atoms with Crippen LogP contribution in [-0.2, 0) is 11.3 Å². The third-order valence-electron chi connectivity index (χ3n) is 4.86. The number of carbonyl (C=O) groups excluding carboxylic acids is 2. The predicted molar refractivity (Wildman–Crippen MR) is 113 cm³/mol. The first-order valence-electron chi connectivity index (χ1n) is 8.91. The van der Waals surface area contributed by atoms with E-state index in [9.17, 15) is 9.59 Å². The Balaban J connectivity index is 1.45. The lowest BCUT2D eigenvalue weighted by atomic mass is 10.0. The third-order valence-corrected chi connectivity index (χ3v) is 6.10. The molecule has 0 aromatic heterocycles. The molecule has 7 heteroatoms. The highest BCUT2D eigenvalue weighted by atomic mass is 35.5. The molecule has 0 bridgehead atoms. The zero-order chi connectivity index (χ0) is 20.0. The molecule has 0 saturated carbocycles. The van der Waals surface area contributed by atoms with Gasteiger partial charge in [-0.2, -0.15) is 0 Å². The maximum atomic E-state index is 12.9. The van der Waals surface area contributed by atoms with Gasteiger partial charge in [-0.15, -0.1) is 0 Å². The van der Waals surface area contributed by atoms with Crippen molar-refractivity contribution in [2.45, 2.75) is 6.54 Å². The maximum Gasteiger partial charge on any atom is 0.293 e. The topological polar surface area (TPSA) is 55.8 Å². The van der Waals surface area contributed by atoms with Crippen molar-refractivity contribution in [2.24, 2.45) is 0 Å². The number of ether oxygens (including phenoxy) is 2. The van der Waals surface area contributed by atoms with Gasteiger partial charge in [-0.25, -0.2) is 0 Å². The van der Waals surface area contributed by atoms with Gasteiger partial charge in [0.1, 0.15) is 0 Å². The Hall–Kier alpha value is -2.96. The van der Waals surface area contributed by atoms with Gasteiger partial charge in [0.2, 0.25) is 6.79 Å². The fourth-order valence-corrected chi connectivity index (χ4v) is 4.46. The second kappa shape index (κ2) is 7.13. The summed E-state index contributed by atoms with van der Waals surface area (Å²) in [5.74, 6) is 0.800. The van der Waals surface area contributed by atoms with Gasteiger partial charge in [0, 0.05) is 6.07 Å². The van der Waals surface area contributed by atoms with E-state index in [2.05, 4.69) is 0 Å². The summed E-state index contributed by atoms with van der Waals surface area (Å²) >= 11 is 7.21. The summed E-state index contributed by atoms with van der Waals surface area (Å²) in [6.45, 7) is 0.356. The largest absolute Gasteiger partial charge is 0.454 e. The molecule has 2 aliphatic rings. The first-order chi connectivity index (χ1) is 14.1. The lowest BCUT2D eigenvalue weighted by molar-refractivity contribution is -0.123. The van der Waals surface area contributed by atoms with Crippen LogP contribution in [-0.4, -0.2) is 22.8 Å². The molecule has 1 fully saturated rings. The van der Waals surface area contributed by atoms with E-state index < -0.39 is 0 Å². The van der Waals surface area contributed by atoms with E-state index >= 15 is 0 Å². The second-order valence-electron chi connectivity index (χ2n) is 6.63. The van der Waals surface area contributed by atoms with Crippen LogP contribution in [0.4, 0.5) is 4.79 Å². The fourth-order valence-electron chi connectivity index (χ4n) is 3.42. The van der Waals surface area contributed by atoms with E-state index in [1.807, 2.05) is 42.5 Å². The standard InChI is InChI=1S/C22H14ClNO4S/c23-17-10-19-18(27-12-28-19)8-15(17)9-20-21(25)24(22(26)29-20)11-14-6-3-5-13-4-1-2-7-16(13)14/h1-10H,11-12H2/b20-9+. The van der Waals surface area contributed by atoms with Crippen LogP contribution in [0, 0.1) is 0 Å². The van der Waals surface area contributed by atoms with Gasteiger partial charge in [0.05, 0.1) is 16.5 Å². The summed E-state index contributed by atoms with van der Waals surface area (Å²) < 4.78 is 10.7. The monoisotopic (exact) mass is 423 g/mol. The highest BCUT2D eigenvalue weighted by Gasteiger charge is 2.35. The minimum absolute atomic E-state index is 0.136. The van der Waals surface area contributed by atoms with Gasteiger partial charge in [-0.1, -0.05) is 54.1 Å². The Kier molecular flexibility index (Phi) is 4.45. The van der Waals surface area contributed by atoms with Crippen LogP contribution < -0.4 is 9.47 Å². The zero-order valence-electron chi connectivity index (χ0n) is 15.1. The molecule has 5 nitrogen and oxygen atoms in total. The summed E-state index contributed by atoms with van der Waals surface area (Å²) in [4.78, 5) is 27.1. The second-order valence-corrected chi connectivity index (χ2v) is 8.03. The minimum Gasteiger partial charge on any atom is -0.454 e.